The van der Waals surface area contributed by atoms with Gasteiger partial charge in [-0.15, -0.1) is 0 Å². The maximum Gasteiger partial charge on any atom is 0.163 e. The Hall–Kier alpha value is -2.49. The zero-order chi connectivity index (χ0) is 21.1. The summed E-state index contributed by atoms with van der Waals surface area (Å²) in [7, 11) is 1.58. The normalized spacial score (nSPS) is 14.3. The summed E-state index contributed by atoms with van der Waals surface area (Å²) in [5.74, 6) is 7.27. The predicted octanol–water partition coefficient (Wildman–Crippen LogP) is 4.03. The van der Waals surface area contributed by atoms with Crippen molar-refractivity contribution < 1.29 is 13.9 Å². The molecule has 2 heterocycles. The highest BCUT2D eigenvalue weighted by Crippen LogP contribution is 2.36. The number of fused-ring (bicyclic) bond motifs is 1. The van der Waals surface area contributed by atoms with E-state index in [4.69, 9.17) is 15.3 Å². The number of anilines is 2. The van der Waals surface area contributed by atoms with Crippen LogP contribution in [0.1, 0.15) is 12.8 Å². The molecule has 0 spiro atoms. The molecular formula is C21H23BrFN5O2. The Kier molecular flexibility index (Phi) is 6.31. The summed E-state index contributed by atoms with van der Waals surface area (Å²) in [6.07, 6.45) is 3.88. The Bertz CT molecular complexity index is 1050. The fourth-order valence-corrected chi connectivity index (χ4v) is 3.93. The minimum atomic E-state index is -0.465. The van der Waals surface area contributed by atoms with Gasteiger partial charge in [0.15, 0.2) is 17.3 Å². The second-order valence-corrected chi connectivity index (χ2v) is 8.00. The molecule has 0 amide bonds. The third-order valence-electron chi connectivity index (χ3n) is 5.16. The van der Waals surface area contributed by atoms with Crippen LogP contribution in [-0.2, 0) is 0 Å². The minimum Gasteiger partial charge on any atom is -0.493 e. The summed E-state index contributed by atoms with van der Waals surface area (Å²) in [5, 5.41) is 1.84. The van der Waals surface area contributed by atoms with Crippen molar-refractivity contribution in [1.82, 2.24) is 14.9 Å². The van der Waals surface area contributed by atoms with Crippen LogP contribution in [0, 0.1) is 5.82 Å². The first-order valence-electron chi connectivity index (χ1n) is 9.74. The van der Waals surface area contributed by atoms with Gasteiger partial charge in [-0.1, -0.05) is 15.9 Å². The van der Waals surface area contributed by atoms with E-state index in [-0.39, 0.29) is 5.69 Å². The Morgan fingerprint density at radius 1 is 1.17 bits per heavy atom. The second kappa shape index (κ2) is 9.11. The fourth-order valence-electron chi connectivity index (χ4n) is 3.60. The standard InChI is InChI=1S/C21H23BrFN5O2/c1-29-19-11-15-17(12-20(19)30-9-8-27-6-2-3-7-27)25-13-26-21(15)28(24)18-5-4-14(22)10-16(18)23/h4-5,10-13H,2-3,6-9,24H2,1H3. The van der Waals surface area contributed by atoms with Gasteiger partial charge >= 0.3 is 0 Å². The second-order valence-electron chi connectivity index (χ2n) is 7.08. The number of hydrogen-bond donors (Lipinski definition) is 1. The monoisotopic (exact) mass is 475 g/mol. The number of aromatic nitrogens is 2. The molecule has 1 aliphatic heterocycles. The number of hydrazine groups is 1. The van der Waals surface area contributed by atoms with E-state index in [0.717, 1.165) is 19.6 Å². The van der Waals surface area contributed by atoms with Gasteiger partial charge in [0.05, 0.1) is 18.3 Å². The number of rotatable bonds is 7. The quantitative estimate of drug-likeness (QED) is 0.408. The van der Waals surface area contributed by atoms with E-state index in [2.05, 4.69) is 30.8 Å². The molecule has 0 aliphatic carbocycles. The molecule has 0 bridgehead atoms. The highest BCUT2D eigenvalue weighted by Gasteiger charge is 2.18. The molecule has 30 heavy (non-hydrogen) atoms. The topological polar surface area (TPSA) is 76.7 Å². The van der Waals surface area contributed by atoms with Crippen LogP contribution in [0.5, 0.6) is 11.5 Å². The highest BCUT2D eigenvalue weighted by atomic mass is 79.9. The third-order valence-corrected chi connectivity index (χ3v) is 5.65. The number of nitrogens with two attached hydrogens (primary N) is 1. The van der Waals surface area contributed by atoms with Crippen molar-refractivity contribution in [2.45, 2.75) is 12.8 Å². The van der Waals surface area contributed by atoms with Crippen LogP contribution in [0.2, 0.25) is 0 Å². The van der Waals surface area contributed by atoms with Crippen LogP contribution in [0.15, 0.2) is 41.1 Å². The van der Waals surface area contributed by atoms with Crippen molar-refractivity contribution in [2.24, 2.45) is 5.84 Å². The van der Waals surface area contributed by atoms with Gasteiger partial charge in [-0.25, -0.2) is 20.2 Å². The summed E-state index contributed by atoms with van der Waals surface area (Å²) in [6, 6.07) is 8.22. The summed E-state index contributed by atoms with van der Waals surface area (Å²) in [6.45, 7) is 3.67. The molecule has 4 rings (SSSR count). The first-order chi connectivity index (χ1) is 14.6. The van der Waals surface area contributed by atoms with Gasteiger partial charge < -0.3 is 9.47 Å². The Morgan fingerprint density at radius 3 is 2.70 bits per heavy atom. The van der Waals surface area contributed by atoms with Crippen LogP contribution in [0.3, 0.4) is 0 Å². The Labute approximate surface area is 182 Å². The number of ether oxygens (including phenoxy) is 2. The van der Waals surface area contributed by atoms with Gasteiger partial charge in [-0.3, -0.25) is 9.91 Å². The average Bonchev–Trinajstić information content (AvgIpc) is 3.26. The van der Waals surface area contributed by atoms with E-state index in [1.54, 1.807) is 31.4 Å². The molecule has 1 aliphatic rings. The lowest BCUT2D eigenvalue weighted by Crippen LogP contribution is -2.27. The molecule has 1 aromatic heterocycles. The summed E-state index contributed by atoms with van der Waals surface area (Å²) in [5.41, 5.74) is 0.827. The molecule has 0 saturated carbocycles. The van der Waals surface area contributed by atoms with Crippen LogP contribution in [-0.4, -0.2) is 48.2 Å². The number of nitrogens with zero attached hydrogens (tertiary/aromatic N) is 4. The number of methoxy groups -OCH3 is 1. The molecule has 0 atom stereocenters. The number of hydrogen-bond acceptors (Lipinski definition) is 7. The van der Waals surface area contributed by atoms with Gasteiger partial charge in [-0.2, -0.15) is 0 Å². The Balaban J connectivity index is 1.63. The van der Waals surface area contributed by atoms with Gasteiger partial charge in [0.1, 0.15) is 18.8 Å². The lowest BCUT2D eigenvalue weighted by molar-refractivity contribution is 0.230. The average molecular weight is 476 g/mol. The van der Waals surface area contributed by atoms with Gasteiger partial charge in [0, 0.05) is 22.5 Å². The van der Waals surface area contributed by atoms with Crippen molar-refractivity contribution in [1.29, 1.82) is 0 Å². The highest BCUT2D eigenvalue weighted by molar-refractivity contribution is 9.10. The van der Waals surface area contributed by atoms with Crippen molar-refractivity contribution in [2.75, 3.05) is 38.4 Å². The smallest absolute Gasteiger partial charge is 0.163 e. The lowest BCUT2D eigenvalue weighted by atomic mass is 10.2. The number of likely N-dealkylation sites (tertiary alicyclic amines) is 1. The largest absolute Gasteiger partial charge is 0.493 e. The molecule has 9 heteroatoms. The molecule has 0 unspecified atom stereocenters. The summed E-state index contributed by atoms with van der Waals surface area (Å²) < 4.78 is 26.5. The maximum atomic E-state index is 14.4. The van der Waals surface area contributed by atoms with Crippen LogP contribution in [0.4, 0.5) is 15.9 Å². The fraction of sp³-hybridized carbons (Fsp3) is 0.333. The Morgan fingerprint density at radius 2 is 1.97 bits per heavy atom. The van der Waals surface area contributed by atoms with E-state index in [1.807, 2.05) is 0 Å². The molecule has 158 valence electrons. The van der Waals surface area contributed by atoms with Crippen LogP contribution >= 0.6 is 15.9 Å². The SMILES string of the molecule is COc1cc2c(N(N)c3ccc(Br)cc3F)ncnc2cc1OCCN1CCCC1. The van der Waals surface area contributed by atoms with Crippen LogP contribution < -0.4 is 20.3 Å². The molecule has 3 aromatic rings. The predicted molar refractivity (Wildman–Crippen MR) is 118 cm³/mol. The molecule has 2 N–H and O–H groups in total. The lowest BCUT2D eigenvalue weighted by Gasteiger charge is -2.21. The van der Waals surface area contributed by atoms with E-state index in [9.17, 15) is 4.39 Å². The number of benzene rings is 2. The molecule has 2 aromatic carbocycles. The summed E-state index contributed by atoms with van der Waals surface area (Å²) in [4.78, 5) is 11.0. The van der Waals surface area contributed by atoms with Crippen molar-refractivity contribution in [3.8, 4) is 11.5 Å². The molecule has 1 fully saturated rings. The van der Waals surface area contributed by atoms with E-state index in [1.165, 1.54) is 30.2 Å². The molecule has 0 radical (unpaired) electrons. The van der Waals surface area contributed by atoms with Gasteiger partial charge in [0.2, 0.25) is 0 Å². The molecule has 7 nitrogen and oxygen atoms in total. The van der Waals surface area contributed by atoms with Crippen molar-refractivity contribution in [3.05, 3.63) is 46.9 Å². The number of halogens is 2. The first kappa shape index (κ1) is 20.8. The zero-order valence-electron chi connectivity index (χ0n) is 16.6. The first-order valence-corrected chi connectivity index (χ1v) is 10.5. The van der Waals surface area contributed by atoms with E-state index >= 15 is 0 Å². The van der Waals surface area contributed by atoms with Crippen molar-refractivity contribution >= 4 is 38.3 Å². The summed E-state index contributed by atoms with van der Waals surface area (Å²) >= 11 is 3.25. The maximum absolute atomic E-state index is 14.4. The van der Waals surface area contributed by atoms with Crippen molar-refractivity contribution in [3.63, 3.8) is 0 Å². The van der Waals surface area contributed by atoms with E-state index in [0.29, 0.717) is 39.3 Å². The zero-order valence-corrected chi connectivity index (χ0v) is 18.2. The van der Waals surface area contributed by atoms with E-state index < -0.39 is 5.82 Å². The van der Waals surface area contributed by atoms with Gasteiger partial charge in [0.25, 0.3) is 0 Å². The third kappa shape index (κ3) is 4.33. The molecular weight excluding hydrogens is 453 g/mol. The van der Waals surface area contributed by atoms with Crippen LogP contribution in [0.25, 0.3) is 10.9 Å². The van der Waals surface area contributed by atoms with Gasteiger partial charge in [-0.05, 0) is 50.2 Å². The minimum absolute atomic E-state index is 0.197. The molecule has 1 saturated heterocycles.